The van der Waals surface area contributed by atoms with Crippen molar-refractivity contribution in [3.05, 3.63) is 0 Å². The van der Waals surface area contributed by atoms with E-state index in [0.717, 1.165) is 52.4 Å². The smallest absolute Gasteiger partial charge is 0.311 e. The molecule has 0 spiro atoms. The number of hydrogen-bond donors (Lipinski definition) is 3. The standard InChI is InChI=1S/C14H28N6O2/c15-1-5-18-9-11-20(12-10-18)14(22)13(21)17-4-8-19-6-2-16-3-7-19/h16H,1-12,15H2,(H,17,21). The lowest BCUT2D eigenvalue weighted by Gasteiger charge is -2.34. The lowest BCUT2D eigenvalue weighted by molar-refractivity contribution is -0.147. The summed E-state index contributed by atoms with van der Waals surface area (Å²) in [6.07, 6.45) is 0. The summed E-state index contributed by atoms with van der Waals surface area (Å²) in [6, 6.07) is 0. The molecule has 4 N–H and O–H groups in total. The van der Waals surface area contributed by atoms with Gasteiger partial charge >= 0.3 is 11.8 Å². The van der Waals surface area contributed by atoms with Crippen LogP contribution in [0.1, 0.15) is 0 Å². The molecule has 0 aromatic heterocycles. The molecule has 2 aliphatic heterocycles. The van der Waals surface area contributed by atoms with Crippen molar-refractivity contribution in [3.8, 4) is 0 Å². The number of nitrogens with two attached hydrogens (primary N) is 1. The van der Waals surface area contributed by atoms with Gasteiger partial charge in [0, 0.05) is 78.5 Å². The Morgan fingerprint density at radius 3 is 2.23 bits per heavy atom. The normalized spacial score (nSPS) is 20.9. The van der Waals surface area contributed by atoms with Crippen molar-refractivity contribution in [1.82, 2.24) is 25.3 Å². The highest BCUT2D eigenvalue weighted by molar-refractivity contribution is 6.35. The van der Waals surface area contributed by atoms with Crippen LogP contribution in [0.15, 0.2) is 0 Å². The van der Waals surface area contributed by atoms with Crippen molar-refractivity contribution in [2.24, 2.45) is 5.73 Å². The maximum Gasteiger partial charge on any atom is 0.311 e. The van der Waals surface area contributed by atoms with Gasteiger partial charge in [-0.25, -0.2) is 0 Å². The molecule has 2 rings (SSSR count). The zero-order valence-electron chi connectivity index (χ0n) is 13.2. The molecule has 2 heterocycles. The van der Waals surface area contributed by atoms with Gasteiger partial charge in [-0.3, -0.25) is 19.4 Å². The Morgan fingerprint density at radius 1 is 0.955 bits per heavy atom. The van der Waals surface area contributed by atoms with E-state index in [0.29, 0.717) is 26.2 Å². The Balaban J connectivity index is 1.63. The van der Waals surface area contributed by atoms with Crippen LogP contribution in [0, 0.1) is 0 Å². The van der Waals surface area contributed by atoms with E-state index in [1.54, 1.807) is 4.90 Å². The van der Waals surface area contributed by atoms with Crippen LogP contribution in [0.25, 0.3) is 0 Å². The molecule has 2 amide bonds. The first-order chi connectivity index (χ1) is 10.7. The summed E-state index contributed by atoms with van der Waals surface area (Å²) in [7, 11) is 0. The van der Waals surface area contributed by atoms with Crippen LogP contribution in [-0.4, -0.2) is 105 Å². The fourth-order valence-corrected chi connectivity index (χ4v) is 2.84. The number of amides is 2. The number of carbonyl (C=O) groups excluding carboxylic acids is 2. The van der Waals surface area contributed by atoms with Gasteiger partial charge in [-0.05, 0) is 0 Å². The number of rotatable bonds is 5. The molecular formula is C14H28N6O2. The predicted octanol–water partition coefficient (Wildman–Crippen LogP) is -2.89. The zero-order chi connectivity index (χ0) is 15.8. The first kappa shape index (κ1) is 17.1. The number of nitrogens with one attached hydrogen (secondary N) is 2. The largest absolute Gasteiger partial charge is 0.347 e. The second kappa shape index (κ2) is 9.04. The van der Waals surface area contributed by atoms with Gasteiger partial charge in [0.05, 0.1) is 0 Å². The minimum Gasteiger partial charge on any atom is -0.347 e. The van der Waals surface area contributed by atoms with Crippen molar-refractivity contribution < 1.29 is 9.59 Å². The van der Waals surface area contributed by atoms with Crippen LogP contribution in [0.3, 0.4) is 0 Å². The van der Waals surface area contributed by atoms with Gasteiger partial charge in [0.2, 0.25) is 0 Å². The molecule has 0 unspecified atom stereocenters. The summed E-state index contributed by atoms with van der Waals surface area (Å²) in [5.74, 6) is -0.893. The average molecular weight is 312 g/mol. The van der Waals surface area contributed by atoms with E-state index in [-0.39, 0.29) is 0 Å². The molecule has 0 atom stereocenters. The lowest BCUT2D eigenvalue weighted by Crippen LogP contribution is -2.54. The maximum atomic E-state index is 12.1. The topological polar surface area (TPSA) is 93.9 Å². The first-order valence-electron chi connectivity index (χ1n) is 8.13. The van der Waals surface area contributed by atoms with E-state index in [1.165, 1.54) is 0 Å². The Morgan fingerprint density at radius 2 is 1.59 bits per heavy atom. The molecule has 126 valence electrons. The van der Waals surface area contributed by atoms with Crippen molar-refractivity contribution in [3.63, 3.8) is 0 Å². The molecule has 2 aliphatic rings. The Hall–Kier alpha value is -1.22. The van der Waals surface area contributed by atoms with Crippen LogP contribution in [0.4, 0.5) is 0 Å². The van der Waals surface area contributed by atoms with Crippen molar-refractivity contribution in [1.29, 1.82) is 0 Å². The molecule has 0 aliphatic carbocycles. The third-order valence-corrected chi connectivity index (χ3v) is 4.22. The van der Waals surface area contributed by atoms with Gasteiger partial charge < -0.3 is 21.3 Å². The number of hydrogen-bond acceptors (Lipinski definition) is 6. The molecule has 0 aromatic rings. The fraction of sp³-hybridized carbons (Fsp3) is 0.857. The Kier molecular flexibility index (Phi) is 7.04. The molecule has 0 radical (unpaired) electrons. The quantitative estimate of drug-likeness (QED) is 0.472. The molecule has 8 heteroatoms. The van der Waals surface area contributed by atoms with Gasteiger partial charge in [-0.15, -0.1) is 0 Å². The average Bonchev–Trinajstić information content (AvgIpc) is 2.56. The fourth-order valence-electron chi connectivity index (χ4n) is 2.84. The lowest BCUT2D eigenvalue weighted by atomic mass is 10.3. The molecule has 22 heavy (non-hydrogen) atoms. The number of piperazine rings is 2. The van der Waals surface area contributed by atoms with Crippen molar-refractivity contribution >= 4 is 11.8 Å². The molecule has 2 fully saturated rings. The van der Waals surface area contributed by atoms with Gasteiger partial charge in [-0.2, -0.15) is 0 Å². The second-order valence-corrected chi connectivity index (χ2v) is 5.77. The van der Waals surface area contributed by atoms with Crippen LogP contribution in [0.2, 0.25) is 0 Å². The highest BCUT2D eigenvalue weighted by Crippen LogP contribution is 2.01. The molecule has 8 nitrogen and oxygen atoms in total. The number of nitrogens with zero attached hydrogens (tertiary/aromatic N) is 3. The highest BCUT2D eigenvalue weighted by atomic mass is 16.2. The van der Waals surface area contributed by atoms with E-state index in [4.69, 9.17) is 5.73 Å². The third kappa shape index (κ3) is 5.20. The summed E-state index contributed by atoms with van der Waals surface area (Å²) in [5, 5.41) is 6.02. The van der Waals surface area contributed by atoms with Gasteiger partial charge in [0.1, 0.15) is 0 Å². The van der Waals surface area contributed by atoms with Crippen LogP contribution >= 0.6 is 0 Å². The van der Waals surface area contributed by atoms with E-state index < -0.39 is 11.8 Å². The van der Waals surface area contributed by atoms with Gasteiger partial charge in [0.15, 0.2) is 0 Å². The highest BCUT2D eigenvalue weighted by Gasteiger charge is 2.25. The summed E-state index contributed by atoms with van der Waals surface area (Å²) < 4.78 is 0. The van der Waals surface area contributed by atoms with E-state index in [2.05, 4.69) is 20.4 Å². The van der Waals surface area contributed by atoms with Crippen molar-refractivity contribution in [2.75, 3.05) is 78.5 Å². The van der Waals surface area contributed by atoms with E-state index in [9.17, 15) is 9.59 Å². The molecule has 0 saturated carbocycles. The van der Waals surface area contributed by atoms with Crippen LogP contribution in [-0.2, 0) is 9.59 Å². The summed E-state index contributed by atoms with van der Waals surface area (Å²) in [4.78, 5) is 30.1. The van der Waals surface area contributed by atoms with Crippen molar-refractivity contribution in [2.45, 2.75) is 0 Å². The maximum absolute atomic E-state index is 12.1. The van der Waals surface area contributed by atoms with Gasteiger partial charge in [0.25, 0.3) is 0 Å². The van der Waals surface area contributed by atoms with Gasteiger partial charge in [-0.1, -0.05) is 0 Å². The molecule has 0 aromatic carbocycles. The summed E-state index contributed by atoms with van der Waals surface area (Å²) >= 11 is 0. The first-order valence-corrected chi connectivity index (χ1v) is 8.13. The monoisotopic (exact) mass is 312 g/mol. The third-order valence-electron chi connectivity index (χ3n) is 4.22. The second-order valence-electron chi connectivity index (χ2n) is 5.77. The van der Waals surface area contributed by atoms with E-state index in [1.807, 2.05) is 0 Å². The van der Waals surface area contributed by atoms with E-state index >= 15 is 0 Å². The SMILES string of the molecule is NCCN1CCN(C(=O)C(=O)NCCN2CCNCC2)CC1. The van der Waals surface area contributed by atoms with Crippen LogP contribution < -0.4 is 16.4 Å². The summed E-state index contributed by atoms with van der Waals surface area (Å²) in [5.41, 5.74) is 5.52. The van der Waals surface area contributed by atoms with Crippen LogP contribution in [0.5, 0.6) is 0 Å². The zero-order valence-corrected chi connectivity index (χ0v) is 13.2. The summed E-state index contributed by atoms with van der Waals surface area (Å²) in [6.45, 7) is 9.53. The minimum absolute atomic E-state index is 0.410. The Labute approximate surface area is 132 Å². The molecule has 0 bridgehead atoms. The minimum atomic E-state index is -0.484. The molecular weight excluding hydrogens is 284 g/mol. The predicted molar refractivity (Wildman–Crippen MR) is 84.4 cm³/mol. The number of carbonyl (C=O) groups is 2. The molecule has 2 saturated heterocycles. The Bertz CT molecular complexity index is 364.